The van der Waals surface area contributed by atoms with Gasteiger partial charge < -0.3 is 0 Å². The lowest BCUT2D eigenvalue weighted by molar-refractivity contribution is 0.587. The molecule has 0 amide bonds. The van der Waals surface area contributed by atoms with Crippen LogP contribution in [0.25, 0.3) is 10.1 Å². The summed E-state index contributed by atoms with van der Waals surface area (Å²) in [5.41, 5.74) is 0.908. The molecule has 2 unspecified atom stereocenters. The van der Waals surface area contributed by atoms with Gasteiger partial charge in [-0.15, -0.1) is 22.9 Å². The SMILES string of the molecule is CC(C(Cl)c1csc2ccccc12)S(C)(=O)=O. The summed E-state index contributed by atoms with van der Waals surface area (Å²) in [6.07, 6.45) is 1.22. The molecule has 1 aromatic carbocycles. The molecule has 0 aliphatic rings. The molecule has 0 N–H and O–H groups in total. The zero-order chi connectivity index (χ0) is 12.6. The minimum atomic E-state index is -3.12. The van der Waals surface area contributed by atoms with Crippen molar-refractivity contribution in [1.82, 2.24) is 0 Å². The molecule has 0 aliphatic heterocycles. The van der Waals surface area contributed by atoms with Gasteiger partial charge >= 0.3 is 0 Å². The first-order valence-corrected chi connectivity index (χ1v) is 8.47. The highest BCUT2D eigenvalue weighted by molar-refractivity contribution is 7.91. The van der Waals surface area contributed by atoms with Crippen LogP contribution in [0.15, 0.2) is 29.6 Å². The van der Waals surface area contributed by atoms with Crippen molar-refractivity contribution in [3.05, 3.63) is 35.2 Å². The van der Waals surface area contributed by atoms with Crippen LogP contribution >= 0.6 is 22.9 Å². The molecular formula is C12H13ClO2S2. The quantitative estimate of drug-likeness (QED) is 0.809. The maximum atomic E-state index is 11.5. The Bertz CT molecular complexity index is 631. The Labute approximate surface area is 110 Å². The molecule has 0 radical (unpaired) electrons. The molecule has 5 heteroatoms. The monoisotopic (exact) mass is 288 g/mol. The molecular weight excluding hydrogens is 276 g/mol. The van der Waals surface area contributed by atoms with Crippen LogP contribution in [0.3, 0.4) is 0 Å². The van der Waals surface area contributed by atoms with E-state index in [9.17, 15) is 8.42 Å². The largest absolute Gasteiger partial charge is 0.229 e. The van der Waals surface area contributed by atoms with Crippen molar-refractivity contribution < 1.29 is 8.42 Å². The van der Waals surface area contributed by atoms with Gasteiger partial charge in [0.05, 0.1) is 10.6 Å². The number of benzene rings is 1. The third-order valence-corrected chi connectivity index (χ3v) is 6.26. The molecule has 17 heavy (non-hydrogen) atoms. The van der Waals surface area contributed by atoms with E-state index in [0.717, 1.165) is 15.6 Å². The van der Waals surface area contributed by atoms with Crippen molar-refractivity contribution >= 4 is 42.9 Å². The Morgan fingerprint density at radius 1 is 1.29 bits per heavy atom. The van der Waals surface area contributed by atoms with Gasteiger partial charge in [-0.05, 0) is 29.3 Å². The summed E-state index contributed by atoms with van der Waals surface area (Å²) in [7, 11) is -3.12. The van der Waals surface area contributed by atoms with Gasteiger partial charge in [-0.1, -0.05) is 18.2 Å². The summed E-state index contributed by atoms with van der Waals surface area (Å²) >= 11 is 7.88. The fourth-order valence-corrected chi connectivity index (χ4v) is 4.08. The van der Waals surface area contributed by atoms with E-state index in [-0.39, 0.29) is 0 Å². The van der Waals surface area contributed by atoms with Crippen molar-refractivity contribution in [2.45, 2.75) is 17.6 Å². The minimum absolute atomic E-state index is 0.499. The minimum Gasteiger partial charge on any atom is -0.229 e. The van der Waals surface area contributed by atoms with Crippen LogP contribution in [0.4, 0.5) is 0 Å². The number of rotatable bonds is 3. The van der Waals surface area contributed by atoms with Crippen LogP contribution in [0, 0.1) is 0 Å². The van der Waals surface area contributed by atoms with E-state index in [0.29, 0.717) is 0 Å². The van der Waals surface area contributed by atoms with Crippen molar-refractivity contribution in [3.8, 4) is 0 Å². The maximum absolute atomic E-state index is 11.5. The van der Waals surface area contributed by atoms with E-state index in [1.165, 1.54) is 6.26 Å². The van der Waals surface area contributed by atoms with Crippen LogP contribution in [0.2, 0.25) is 0 Å². The normalized spacial score (nSPS) is 15.9. The summed E-state index contributed by atoms with van der Waals surface area (Å²) in [6, 6.07) is 7.89. The second-order valence-electron chi connectivity index (χ2n) is 4.12. The Morgan fingerprint density at radius 3 is 2.59 bits per heavy atom. The molecule has 2 nitrogen and oxygen atoms in total. The van der Waals surface area contributed by atoms with Gasteiger partial charge in [0.2, 0.25) is 0 Å². The van der Waals surface area contributed by atoms with Crippen molar-refractivity contribution in [2.75, 3.05) is 6.26 Å². The van der Waals surface area contributed by atoms with Gasteiger partial charge in [0.15, 0.2) is 9.84 Å². The summed E-state index contributed by atoms with van der Waals surface area (Å²) < 4.78 is 24.2. The molecule has 0 aliphatic carbocycles. The topological polar surface area (TPSA) is 34.1 Å². The summed E-state index contributed by atoms with van der Waals surface area (Å²) in [6.45, 7) is 1.65. The van der Waals surface area contributed by atoms with Crippen molar-refractivity contribution in [2.24, 2.45) is 0 Å². The number of sulfone groups is 1. The Balaban J connectivity index is 2.47. The van der Waals surface area contributed by atoms with Gasteiger partial charge in [-0.3, -0.25) is 0 Å². The van der Waals surface area contributed by atoms with Crippen LogP contribution < -0.4 is 0 Å². The maximum Gasteiger partial charge on any atom is 0.151 e. The van der Waals surface area contributed by atoms with E-state index >= 15 is 0 Å². The van der Waals surface area contributed by atoms with E-state index in [2.05, 4.69) is 0 Å². The molecule has 0 spiro atoms. The molecule has 2 aromatic rings. The molecule has 2 rings (SSSR count). The van der Waals surface area contributed by atoms with E-state index in [1.54, 1.807) is 18.3 Å². The predicted octanol–water partition coefficient (Wildman–Crippen LogP) is 3.61. The van der Waals surface area contributed by atoms with E-state index < -0.39 is 20.5 Å². The molecule has 0 saturated carbocycles. The number of fused-ring (bicyclic) bond motifs is 1. The molecule has 1 aromatic heterocycles. The average molecular weight is 289 g/mol. The smallest absolute Gasteiger partial charge is 0.151 e. The van der Waals surface area contributed by atoms with Crippen LogP contribution in [-0.4, -0.2) is 19.9 Å². The molecule has 92 valence electrons. The number of hydrogen-bond donors (Lipinski definition) is 0. The van der Waals surface area contributed by atoms with E-state index in [1.807, 2.05) is 29.6 Å². The van der Waals surface area contributed by atoms with Crippen LogP contribution in [-0.2, 0) is 9.84 Å². The first kappa shape index (κ1) is 12.9. The lowest BCUT2D eigenvalue weighted by Gasteiger charge is -2.15. The standard InChI is InChI=1S/C12H13ClO2S2/c1-8(17(2,14)15)12(13)10-7-16-11-6-4-3-5-9(10)11/h3-8,12H,1-2H3. The predicted molar refractivity (Wildman–Crippen MR) is 74.7 cm³/mol. The zero-order valence-corrected chi connectivity index (χ0v) is 11.9. The highest BCUT2D eigenvalue weighted by Crippen LogP contribution is 2.36. The fraction of sp³-hybridized carbons (Fsp3) is 0.333. The van der Waals surface area contributed by atoms with Crippen molar-refractivity contribution in [3.63, 3.8) is 0 Å². The van der Waals surface area contributed by atoms with Crippen LogP contribution in [0.1, 0.15) is 17.9 Å². The van der Waals surface area contributed by atoms with Crippen LogP contribution in [0.5, 0.6) is 0 Å². The third kappa shape index (κ3) is 2.49. The average Bonchev–Trinajstić information content (AvgIpc) is 2.69. The molecule has 0 bridgehead atoms. The lowest BCUT2D eigenvalue weighted by Crippen LogP contribution is -2.20. The summed E-state index contributed by atoms with van der Waals surface area (Å²) in [4.78, 5) is 0. The number of thiophene rings is 1. The molecule has 1 heterocycles. The first-order chi connectivity index (χ1) is 7.91. The number of halogens is 1. The molecule has 2 atom stereocenters. The Kier molecular flexibility index (Phi) is 3.48. The first-order valence-electron chi connectivity index (χ1n) is 5.20. The highest BCUT2D eigenvalue weighted by atomic mass is 35.5. The van der Waals surface area contributed by atoms with Gasteiger partial charge in [0.1, 0.15) is 0 Å². The second kappa shape index (κ2) is 4.59. The second-order valence-corrected chi connectivity index (χ2v) is 7.91. The zero-order valence-electron chi connectivity index (χ0n) is 9.55. The fourth-order valence-electron chi connectivity index (χ4n) is 1.68. The van der Waals surface area contributed by atoms with E-state index in [4.69, 9.17) is 11.6 Å². The lowest BCUT2D eigenvalue weighted by atomic mass is 10.1. The van der Waals surface area contributed by atoms with Crippen molar-refractivity contribution in [1.29, 1.82) is 0 Å². The molecule has 0 fully saturated rings. The number of alkyl halides is 1. The summed E-state index contributed by atoms with van der Waals surface area (Å²) in [5, 5.41) is 1.92. The third-order valence-electron chi connectivity index (χ3n) is 2.90. The molecule has 0 saturated heterocycles. The number of hydrogen-bond acceptors (Lipinski definition) is 3. The van der Waals surface area contributed by atoms with Gasteiger partial charge in [0, 0.05) is 11.0 Å². The Morgan fingerprint density at radius 2 is 1.94 bits per heavy atom. The summed E-state index contributed by atoms with van der Waals surface area (Å²) in [5.74, 6) is 0. The van der Waals surface area contributed by atoms with Gasteiger partial charge in [-0.2, -0.15) is 0 Å². The van der Waals surface area contributed by atoms with Gasteiger partial charge in [-0.25, -0.2) is 8.42 Å². The Hall–Kier alpha value is -0.580. The highest BCUT2D eigenvalue weighted by Gasteiger charge is 2.27. The van der Waals surface area contributed by atoms with Gasteiger partial charge in [0.25, 0.3) is 0 Å².